The van der Waals surface area contributed by atoms with Gasteiger partial charge in [0.05, 0.1) is 5.75 Å². The molecule has 0 bridgehead atoms. The molecule has 0 atom stereocenters. The van der Waals surface area contributed by atoms with Crippen molar-refractivity contribution in [1.82, 2.24) is 4.90 Å². The van der Waals surface area contributed by atoms with E-state index in [0.29, 0.717) is 5.09 Å². The third kappa shape index (κ3) is 3.41. The molecule has 0 fully saturated rings. The van der Waals surface area contributed by atoms with E-state index in [1.54, 1.807) is 18.0 Å². The predicted octanol–water partition coefficient (Wildman–Crippen LogP) is 2.60. The van der Waals surface area contributed by atoms with E-state index in [-0.39, 0.29) is 17.4 Å². The van der Waals surface area contributed by atoms with Crippen molar-refractivity contribution in [3.05, 3.63) is 29.7 Å². The van der Waals surface area contributed by atoms with Crippen LogP contribution in [0.15, 0.2) is 33.4 Å². The number of hydrogen-bond acceptors (Lipinski definition) is 4. The second-order valence-corrected chi connectivity index (χ2v) is 5.23. The lowest BCUT2D eigenvalue weighted by molar-refractivity contribution is -0.125. The van der Waals surface area contributed by atoms with Crippen LogP contribution < -0.4 is 0 Å². The predicted molar refractivity (Wildman–Crippen MR) is 71.1 cm³/mol. The number of aromatic carboxylic acids is 1. The summed E-state index contributed by atoms with van der Waals surface area (Å²) in [6.45, 7) is 0. The molecule has 1 aliphatic rings. The minimum Gasteiger partial charge on any atom is -0.475 e. The zero-order valence-corrected chi connectivity index (χ0v) is 11.4. The van der Waals surface area contributed by atoms with E-state index in [4.69, 9.17) is 9.52 Å². The molecule has 0 aromatic carbocycles. The largest absolute Gasteiger partial charge is 0.475 e. The van der Waals surface area contributed by atoms with Crippen molar-refractivity contribution < 1.29 is 19.1 Å². The van der Waals surface area contributed by atoms with Gasteiger partial charge in [0.15, 0.2) is 5.09 Å². The van der Waals surface area contributed by atoms with Crippen LogP contribution in [0, 0.1) is 0 Å². The summed E-state index contributed by atoms with van der Waals surface area (Å²) in [5, 5.41) is 9.17. The molecule has 0 radical (unpaired) electrons. The standard InChI is InChI=1S/C13H15NO4S/c1-14(9-4-2-3-5-9)11(15)8-19-12-7-6-10(18-12)13(16)17/h4,6-7H,2-3,5,8H2,1H3,(H,16,17). The number of rotatable bonds is 5. The maximum absolute atomic E-state index is 12.0. The summed E-state index contributed by atoms with van der Waals surface area (Å²) in [7, 11) is 1.77. The lowest BCUT2D eigenvalue weighted by Crippen LogP contribution is -2.26. The second-order valence-electron chi connectivity index (χ2n) is 4.25. The zero-order valence-electron chi connectivity index (χ0n) is 10.6. The van der Waals surface area contributed by atoms with Crippen molar-refractivity contribution in [2.24, 2.45) is 0 Å². The van der Waals surface area contributed by atoms with E-state index in [1.807, 2.05) is 0 Å². The highest BCUT2D eigenvalue weighted by atomic mass is 32.2. The molecule has 19 heavy (non-hydrogen) atoms. The lowest BCUT2D eigenvalue weighted by Gasteiger charge is -2.17. The highest BCUT2D eigenvalue weighted by molar-refractivity contribution is 7.99. The average molecular weight is 281 g/mol. The van der Waals surface area contributed by atoms with Gasteiger partial charge in [-0.15, -0.1) is 0 Å². The number of amides is 1. The fourth-order valence-corrected chi connectivity index (χ4v) is 2.63. The Morgan fingerprint density at radius 3 is 2.84 bits per heavy atom. The summed E-state index contributed by atoms with van der Waals surface area (Å²) in [6, 6.07) is 2.95. The number of carboxylic acids is 1. The fraction of sp³-hybridized carbons (Fsp3) is 0.385. The van der Waals surface area contributed by atoms with E-state index in [9.17, 15) is 9.59 Å². The first-order chi connectivity index (χ1) is 9.08. The summed E-state index contributed by atoms with van der Waals surface area (Å²) in [5.41, 5.74) is 1.07. The minimum atomic E-state index is -1.11. The van der Waals surface area contributed by atoms with Crippen molar-refractivity contribution in [1.29, 1.82) is 0 Å². The Morgan fingerprint density at radius 1 is 1.47 bits per heavy atom. The topological polar surface area (TPSA) is 70.8 Å². The lowest BCUT2D eigenvalue weighted by atomic mass is 10.3. The Kier molecular flexibility index (Phi) is 4.31. The van der Waals surface area contributed by atoms with Gasteiger partial charge in [-0.2, -0.15) is 0 Å². The molecule has 2 rings (SSSR count). The van der Waals surface area contributed by atoms with E-state index < -0.39 is 5.97 Å². The Bertz CT molecular complexity index is 520. The molecule has 5 nitrogen and oxygen atoms in total. The third-order valence-electron chi connectivity index (χ3n) is 2.95. The maximum atomic E-state index is 12.0. The van der Waals surface area contributed by atoms with Crippen molar-refractivity contribution in [3.8, 4) is 0 Å². The van der Waals surface area contributed by atoms with Crippen LogP contribution in [-0.4, -0.2) is 34.7 Å². The van der Waals surface area contributed by atoms with E-state index >= 15 is 0 Å². The Morgan fingerprint density at radius 2 is 2.26 bits per heavy atom. The fourth-order valence-electron chi connectivity index (χ4n) is 1.86. The van der Waals surface area contributed by atoms with Gasteiger partial charge in [0, 0.05) is 12.7 Å². The van der Waals surface area contributed by atoms with Gasteiger partial charge in [-0.1, -0.05) is 17.8 Å². The highest BCUT2D eigenvalue weighted by Gasteiger charge is 2.17. The van der Waals surface area contributed by atoms with Crippen LogP contribution >= 0.6 is 11.8 Å². The Labute approximate surface area is 115 Å². The first-order valence-electron chi connectivity index (χ1n) is 5.99. The summed E-state index contributed by atoms with van der Waals surface area (Å²) in [6.07, 6.45) is 5.15. The maximum Gasteiger partial charge on any atom is 0.371 e. The van der Waals surface area contributed by atoms with Gasteiger partial charge in [0.25, 0.3) is 0 Å². The summed E-state index contributed by atoms with van der Waals surface area (Å²) >= 11 is 1.21. The SMILES string of the molecule is CN(C(=O)CSc1ccc(C(=O)O)o1)C1=CCCC1. The van der Waals surface area contributed by atoms with Crippen LogP contribution in [0.1, 0.15) is 29.8 Å². The number of allylic oxidation sites excluding steroid dienone is 2. The number of thioether (sulfide) groups is 1. The quantitative estimate of drug-likeness (QED) is 0.840. The first-order valence-corrected chi connectivity index (χ1v) is 6.98. The van der Waals surface area contributed by atoms with Crippen LogP contribution in [0.3, 0.4) is 0 Å². The number of carboxylic acid groups (broad SMARTS) is 1. The normalized spacial score (nSPS) is 14.3. The molecule has 0 saturated carbocycles. The van der Waals surface area contributed by atoms with Crippen LogP contribution in [0.2, 0.25) is 0 Å². The van der Waals surface area contributed by atoms with Crippen molar-refractivity contribution in [2.75, 3.05) is 12.8 Å². The molecular formula is C13H15NO4S. The molecule has 1 aliphatic carbocycles. The van der Waals surface area contributed by atoms with E-state index in [2.05, 4.69) is 6.08 Å². The van der Waals surface area contributed by atoms with Crippen LogP contribution in [-0.2, 0) is 4.79 Å². The molecule has 0 aliphatic heterocycles. The molecule has 1 aromatic heterocycles. The molecular weight excluding hydrogens is 266 g/mol. The highest BCUT2D eigenvalue weighted by Crippen LogP contribution is 2.24. The van der Waals surface area contributed by atoms with Gasteiger partial charge in [-0.05, 0) is 31.4 Å². The molecule has 1 heterocycles. The van der Waals surface area contributed by atoms with Gasteiger partial charge in [-0.3, -0.25) is 4.79 Å². The molecule has 0 spiro atoms. The molecule has 6 heteroatoms. The zero-order chi connectivity index (χ0) is 13.8. The number of carbonyl (C=O) groups excluding carboxylic acids is 1. The van der Waals surface area contributed by atoms with E-state index in [1.165, 1.54) is 17.8 Å². The number of hydrogen-bond donors (Lipinski definition) is 1. The molecule has 0 saturated heterocycles. The summed E-state index contributed by atoms with van der Waals surface area (Å²) < 4.78 is 5.08. The third-order valence-corrected chi connectivity index (χ3v) is 3.85. The number of nitrogens with zero attached hydrogens (tertiary/aromatic N) is 1. The summed E-state index contributed by atoms with van der Waals surface area (Å²) in [5.74, 6) is -0.986. The molecule has 0 unspecified atom stereocenters. The molecule has 102 valence electrons. The second kappa shape index (κ2) is 5.97. The smallest absolute Gasteiger partial charge is 0.371 e. The van der Waals surface area contributed by atoms with Gasteiger partial charge in [0.2, 0.25) is 11.7 Å². The number of furan rings is 1. The monoisotopic (exact) mass is 281 g/mol. The Hall–Kier alpha value is -1.69. The molecule has 1 aromatic rings. The van der Waals surface area contributed by atoms with Gasteiger partial charge in [-0.25, -0.2) is 4.79 Å². The van der Waals surface area contributed by atoms with Gasteiger partial charge in [0.1, 0.15) is 0 Å². The van der Waals surface area contributed by atoms with Gasteiger partial charge >= 0.3 is 5.97 Å². The minimum absolute atomic E-state index is 0.00794. The number of carbonyl (C=O) groups is 2. The molecule has 1 N–H and O–H groups in total. The van der Waals surface area contributed by atoms with Crippen LogP contribution in [0.4, 0.5) is 0 Å². The van der Waals surface area contributed by atoms with E-state index in [0.717, 1.165) is 25.0 Å². The van der Waals surface area contributed by atoms with Crippen molar-refractivity contribution in [3.63, 3.8) is 0 Å². The van der Waals surface area contributed by atoms with Crippen molar-refractivity contribution >= 4 is 23.6 Å². The molecule has 1 amide bonds. The van der Waals surface area contributed by atoms with Crippen molar-refractivity contribution in [2.45, 2.75) is 24.4 Å². The van der Waals surface area contributed by atoms with Crippen LogP contribution in [0.25, 0.3) is 0 Å². The first kappa shape index (κ1) is 13.7. The summed E-state index contributed by atoms with van der Waals surface area (Å²) in [4.78, 5) is 24.3. The average Bonchev–Trinajstić information content (AvgIpc) is 3.05. The van der Waals surface area contributed by atoms with Gasteiger partial charge < -0.3 is 14.4 Å². The van der Waals surface area contributed by atoms with Crippen LogP contribution in [0.5, 0.6) is 0 Å². The Balaban J connectivity index is 1.87.